The first kappa shape index (κ1) is 16.0. The molecule has 0 unspecified atom stereocenters. The Hall–Kier alpha value is -1.08. The number of carbonyl (C=O) groups is 1. The van der Waals surface area contributed by atoms with E-state index >= 15 is 0 Å². The number of rotatable bonds is 6. The first-order valence-corrected chi connectivity index (χ1v) is 7.56. The average Bonchev–Trinajstić information content (AvgIpc) is 2.46. The minimum atomic E-state index is -0.780. The first-order chi connectivity index (χ1) is 9.13. The molecule has 1 heterocycles. The summed E-state index contributed by atoms with van der Waals surface area (Å²) < 4.78 is 0. The molecular formula is C15H27N3O. The SMILES string of the molecule is CCCC(C#N)(CCC)C(=O)N1CCN(CC)CC1. The molecule has 1 amide bonds. The number of carbonyl (C=O) groups excluding carboxylic acids is 1. The molecule has 1 aliphatic heterocycles. The summed E-state index contributed by atoms with van der Waals surface area (Å²) in [6.45, 7) is 10.7. The number of nitriles is 1. The van der Waals surface area contributed by atoms with Crippen LogP contribution in [-0.4, -0.2) is 48.4 Å². The summed E-state index contributed by atoms with van der Waals surface area (Å²) in [7, 11) is 0. The molecule has 19 heavy (non-hydrogen) atoms. The van der Waals surface area contributed by atoms with Crippen molar-refractivity contribution in [1.82, 2.24) is 9.80 Å². The molecule has 1 saturated heterocycles. The number of likely N-dealkylation sites (N-methyl/N-ethyl adjacent to an activating group) is 1. The largest absolute Gasteiger partial charge is 0.339 e. The number of hydrogen-bond donors (Lipinski definition) is 0. The maximum absolute atomic E-state index is 12.7. The Morgan fingerprint density at radius 2 is 1.63 bits per heavy atom. The molecule has 0 radical (unpaired) electrons. The molecule has 0 aliphatic carbocycles. The highest BCUT2D eigenvalue weighted by atomic mass is 16.2. The van der Waals surface area contributed by atoms with Gasteiger partial charge >= 0.3 is 0 Å². The van der Waals surface area contributed by atoms with Crippen LogP contribution < -0.4 is 0 Å². The molecule has 4 nitrogen and oxygen atoms in total. The fraction of sp³-hybridized carbons (Fsp3) is 0.867. The summed E-state index contributed by atoms with van der Waals surface area (Å²) in [5.74, 6) is 0.0643. The second kappa shape index (κ2) is 7.49. The molecule has 0 spiro atoms. The third-order valence-electron chi connectivity index (χ3n) is 4.08. The van der Waals surface area contributed by atoms with Crippen LogP contribution in [0.4, 0.5) is 0 Å². The predicted octanol–water partition coefficient (Wildman–Crippen LogP) is 2.26. The van der Waals surface area contributed by atoms with Crippen LogP contribution in [0, 0.1) is 16.7 Å². The molecule has 0 atom stereocenters. The molecule has 1 aliphatic rings. The Bertz CT molecular complexity index is 321. The van der Waals surface area contributed by atoms with Gasteiger partial charge in [-0.15, -0.1) is 0 Å². The van der Waals surface area contributed by atoms with Crippen LogP contribution in [0.15, 0.2) is 0 Å². The van der Waals surface area contributed by atoms with Crippen LogP contribution in [-0.2, 0) is 4.79 Å². The van der Waals surface area contributed by atoms with Crippen molar-refractivity contribution in [3.05, 3.63) is 0 Å². The van der Waals surface area contributed by atoms with Gasteiger partial charge in [0.05, 0.1) is 6.07 Å². The van der Waals surface area contributed by atoms with Crippen molar-refractivity contribution in [1.29, 1.82) is 5.26 Å². The predicted molar refractivity (Wildman–Crippen MR) is 76.6 cm³/mol. The maximum atomic E-state index is 12.7. The fourth-order valence-corrected chi connectivity index (χ4v) is 2.92. The highest BCUT2D eigenvalue weighted by Gasteiger charge is 2.40. The molecule has 108 valence electrons. The summed E-state index contributed by atoms with van der Waals surface area (Å²) in [5, 5.41) is 9.53. The minimum absolute atomic E-state index is 0.0643. The summed E-state index contributed by atoms with van der Waals surface area (Å²) in [5.41, 5.74) is -0.780. The van der Waals surface area contributed by atoms with E-state index in [2.05, 4.69) is 17.9 Å². The van der Waals surface area contributed by atoms with Crippen molar-refractivity contribution in [2.45, 2.75) is 46.5 Å². The van der Waals surface area contributed by atoms with E-state index in [1.54, 1.807) is 0 Å². The Morgan fingerprint density at radius 1 is 1.11 bits per heavy atom. The Morgan fingerprint density at radius 3 is 2.00 bits per heavy atom. The lowest BCUT2D eigenvalue weighted by Gasteiger charge is -2.38. The minimum Gasteiger partial charge on any atom is -0.339 e. The third kappa shape index (κ3) is 3.70. The molecule has 1 rings (SSSR count). The number of amides is 1. The van der Waals surface area contributed by atoms with Gasteiger partial charge in [0, 0.05) is 26.2 Å². The molecule has 0 aromatic heterocycles. The van der Waals surface area contributed by atoms with E-state index in [1.807, 2.05) is 18.7 Å². The Balaban J connectivity index is 2.75. The van der Waals surface area contributed by atoms with Gasteiger partial charge in [-0.1, -0.05) is 33.6 Å². The number of nitrogens with zero attached hydrogens (tertiary/aromatic N) is 3. The van der Waals surface area contributed by atoms with E-state index in [9.17, 15) is 10.1 Å². The lowest BCUT2D eigenvalue weighted by atomic mass is 9.79. The molecule has 0 N–H and O–H groups in total. The standard InChI is InChI=1S/C15H27N3O/c1-4-7-15(13-16,8-5-2)14(19)18-11-9-17(6-3)10-12-18/h4-12H2,1-3H3. The van der Waals surface area contributed by atoms with E-state index in [0.717, 1.165) is 45.6 Å². The maximum Gasteiger partial charge on any atom is 0.243 e. The van der Waals surface area contributed by atoms with Gasteiger partial charge in [0.25, 0.3) is 0 Å². The zero-order valence-electron chi connectivity index (χ0n) is 12.6. The van der Waals surface area contributed by atoms with E-state index in [0.29, 0.717) is 12.8 Å². The zero-order chi connectivity index (χ0) is 14.3. The van der Waals surface area contributed by atoms with Gasteiger partial charge in [-0.25, -0.2) is 0 Å². The van der Waals surface area contributed by atoms with Crippen molar-refractivity contribution >= 4 is 5.91 Å². The molecule has 0 aromatic carbocycles. The van der Waals surface area contributed by atoms with E-state index in [-0.39, 0.29) is 5.91 Å². The lowest BCUT2D eigenvalue weighted by molar-refractivity contribution is -0.141. The summed E-state index contributed by atoms with van der Waals surface area (Å²) >= 11 is 0. The van der Waals surface area contributed by atoms with Crippen LogP contribution in [0.2, 0.25) is 0 Å². The zero-order valence-corrected chi connectivity index (χ0v) is 12.6. The van der Waals surface area contributed by atoms with E-state index in [1.165, 1.54) is 0 Å². The summed E-state index contributed by atoms with van der Waals surface area (Å²) in [6.07, 6.45) is 3.14. The monoisotopic (exact) mass is 265 g/mol. The lowest BCUT2D eigenvalue weighted by Crippen LogP contribution is -2.52. The van der Waals surface area contributed by atoms with Crippen LogP contribution in [0.5, 0.6) is 0 Å². The van der Waals surface area contributed by atoms with Crippen molar-refractivity contribution in [3.63, 3.8) is 0 Å². The smallest absolute Gasteiger partial charge is 0.243 e. The van der Waals surface area contributed by atoms with Crippen LogP contribution in [0.25, 0.3) is 0 Å². The Kier molecular flexibility index (Phi) is 6.30. The van der Waals surface area contributed by atoms with Gasteiger partial charge < -0.3 is 9.80 Å². The average molecular weight is 265 g/mol. The van der Waals surface area contributed by atoms with Gasteiger partial charge in [-0.05, 0) is 19.4 Å². The summed E-state index contributed by atoms with van der Waals surface area (Å²) in [6, 6.07) is 2.33. The quantitative estimate of drug-likeness (QED) is 0.740. The Labute approximate surface area is 117 Å². The van der Waals surface area contributed by atoms with Gasteiger partial charge in [-0.3, -0.25) is 4.79 Å². The fourth-order valence-electron chi connectivity index (χ4n) is 2.92. The van der Waals surface area contributed by atoms with Crippen LogP contribution in [0.3, 0.4) is 0 Å². The molecule has 1 fully saturated rings. The highest BCUT2D eigenvalue weighted by Crippen LogP contribution is 2.32. The van der Waals surface area contributed by atoms with Crippen molar-refractivity contribution < 1.29 is 4.79 Å². The van der Waals surface area contributed by atoms with Gasteiger partial charge in [0.2, 0.25) is 5.91 Å². The number of hydrogen-bond acceptors (Lipinski definition) is 3. The normalized spacial score (nSPS) is 17.3. The second-order valence-electron chi connectivity index (χ2n) is 5.42. The molecule has 0 bridgehead atoms. The van der Waals surface area contributed by atoms with E-state index in [4.69, 9.17) is 0 Å². The molecule has 0 aromatic rings. The summed E-state index contributed by atoms with van der Waals surface area (Å²) in [4.78, 5) is 17.0. The van der Waals surface area contributed by atoms with Crippen LogP contribution in [0.1, 0.15) is 46.5 Å². The third-order valence-corrected chi connectivity index (χ3v) is 4.08. The van der Waals surface area contributed by atoms with Gasteiger partial charge in [-0.2, -0.15) is 5.26 Å². The van der Waals surface area contributed by atoms with Gasteiger partial charge in [0.1, 0.15) is 5.41 Å². The highest BCUT2D eigenvalue weighted by molar-refractivity contribution is 5.85. The van der Waals surface area contributed by atoms with Crippen molar-refractivity contribution in [2.75, 3.05) is 32.7 Å². The van der Waals surface area contributed by atoms with E-state index < -0.39 is 5.41 Å². The molecule has 0 saturated carbocycles. The van der Waals surface area contributed by atoms with Gasteiger partial charge in [0.15, 0.2) is 0 Å². The molecule has 4 heteroatoms. The number of piperazine rings is 1. The first-order valence-electron chi connectivity index (χ1n) is 7.56. The van der Waals surface area contributed by atoms with Crippen molar-refractivity contribution in [2.24, 2.45) is 5.41 Å². The van der Waals surface area contributed by atoms with Crippen LogP contribution >= 0.6 is 0 Å². The second-order valence-corrected chi connectivity index (χ2v) is 5.42. The topological polar surface area (TPSA) is 47.3 Å². The van der Waals surface area contributed by atoms with Crippen molar-refractivity contribution in [3.8, 4) is 6.07 Å². The molecular weight excluding hydrogens is 238 g/mol.